The molecule has 1 aromatic rings. The lowest BCUT2D eigenvalue weighted by Gasteiger charge is -2.35. The molecule has 1 aliphatic heterocycles. The molecule has 1 fully saturated rings. The number of benzene rings is 1. The number of piperazine rings is 1. The normalized spacial score (nSPS) is 16.6. The maximum atomic E-state index is 12.2. The van der Waals surface area contributed by atoms with Crippen molar-refractivity contribution in [3.63, 3.8) is 0 Å². The highest BCUT2D eigenvalue weighted by Gasteiger charge is 2.21. The Morgan fingerprint density at radius 2 is 1.67 bits per heavy atom. The first-order chi connectivity index (χ1) is 10.6. The Morgan fingerprint density at radius 1 is 1.12 bits per heavy atom. The van der Waals surface area contributed by atoms with Gasteiger partial charge in [-0.05, 0) is 12.5 Å². The molecule has 1 heterocycles. The lowest BCUT2D eigenvalue weighted by molar-refractivity contribution is -0.133. The lowest BCUT2D eigenvalue weighted by atomic mass is 10.2. The lowest BCUT2D eigenvalue weighted by Crippen LogP contribution is -2.51. The number of hydrogen-bond donors (Lipinski definition) is 1. The number of nitrogens with two attached hydrogens (primary N) is 1. The number of amides is 1. The van der Waals surface area contributed by atoms with Crippen molar-refractivity contribution in [3.8, 4) is 0 Å². The Morgan fingerprint density at radius 3 is 2.21 bits per heavy atom. The minimum Gasteiger partial charge on any atom is -0.341 e. The highest BCUT2D eigenvalue weighted by atomic mass is 35.5. The van der Waals surface area contributed by atoms with Gasteiger partial charge in [0.25, 0.3) is 0 Å². The zero-order chi connectivity index (χ0) is 15.9. The average Bonchev–Trinajstić information content (AvgIpc) is 2.56. The second kappa shape index (κ2) is 11.7. The number of likely N-dealkylation sites (N-methyl/N-ethyl adjacent to an activating group) is 1. The van der Waals surface area contributed by atoms with Gasteiger partial charge in [-0.1, -0.05) is 30.3 Å². The molecule has 0 spiro atoms. The summed E-state index contributed by atoms with van der Waals surface area (Å²) in [6.07, 6.45) is 0. The fourth-order valence-electron chi connectivity index (χ4n) is 2.65. The van der Waals surface area contributed by atoms with Crippen molar-refractivity contribution in [2.75, 3.05) is 46.3 Å². The molecular formula is C17H30Cl2N4O. The van der Waals surface area contributed by atoms with Crippen LogP contribution < -0.4 is 5.73 Å². The number of halogens is 2. The second-order valence-corrected chi connectivity index (χ2v) is 6.13. The van der Waals surface area contributed by atoms with Crippen LogP contribution >= 0.6 is 24.8 Å². The van der Waals surface area contributed by atoms with Gasteiger partial charge in [-0.15, -0.1) is 24.8 Å². The molecular weight excluding hydrogens is 347 g/mol. The van der Waals surface area contributed by atoms with Crippen LogP contribution in [0.5, 0.6) is 0 Å². The Balaban J connectivity index is 0.00000264. The van der Waals surface area contributed by atoms with Crippen LogP contribution in [0.2, 0.25) is 0 Å². The molecule has 1 aromatic carbocycles. The molecule has 0 radical (unpaired) electrons. The van der Waals surface area contributed by atoms with E-state index in [0.29, 0.717) is 13.1 Å². The number of rotatable bonds is 6. The smallest absolute Gasteiger partial charge is 0.236 e. The van der Waals surface area contributed by atoms with Crippen LogP contribution in [0.3, 0.4) is 0 Å². The van der Waals surface area contributed by atoms with Gasteiger partial charge in [-0.25, -0.2) is 0 Å². The monoisotopic (exact) mass is 376 g/mol. The van der Waals surface area contributed by atoms with Crippen molar-refractivity contribution >= 4 is 30.7 Å². The van der Waals surface area contributed by atoms with Gasteiger partial charge < -0.3 is 10.6 Å². The Labute approximate surface area is 158 Å². The van der Waals surface area contributed by atoms with Crippen molar-refractivity contribution < 1.29 is 4.79 Å². The van der Waals surface area contributed by atoms with Crippen LogP contribution in [0.15, 0.2) is 30.3 Å². The maximum Gasteiger partial charge on any atom is 0.236 e. The van der Waals surface area contributed by atoms with Gasteiger partial charge in [0.1, 0.15) is 0 Å². The first-order valence-electron chi connectivity index (χ1n) is 8.04. The summed E-state index contributed by atoms with van der Waals surface area (Å²) in [5.41, 5.74) is 6.97. The van der Waals surface area contributed by atoms with E-state index in [1.165, 1.54) is 5.56 Å². The van der Waals surface area contributed by atoms with Crippen LogP contribution in [0, 0.1) is 0 Å². The molecule has 2 N–H and O–H groups in total. The Bertz CT molecular complexity index is 467. The molecule has 7 heteroatoms. The van der Waals surface area contributed by atoms with E-state index in [0.717, 1.165) is 32.7 Å². The van der Waals surface area contributed by atoms with Gasteiger partial charge in [0.15, 0.2) is 0 Å². The minimum atomic E-state index is 0. The summed E-state index contributed by atoms with van der Waals surface area (Å²) in [6, 6.07) is 10.6. The summed E-state index contributed by atoms with van der Waals surface area (Å²) in [5.74, 6) is 0.162. The molecule has 1 atom stereocenters. The van der Waals surface area contributed by atoms with Crippen LogP contribution in [-0.2, 0) is 11.3 Å². The number of nitrogens with zero attached hydrogens (tertiary/aromatic N) is 3. The Hall–Kier alpha value is -0.850. The molecule has 0 bridgehead atoms. The summed E-state index contributed by atoms with van der Waals surface area (Å²) >= 11 is 0. The predicted octanol–water partition coefficient (Wildman–Crippen LogP) is 1.45. The molecule has 1 unspecified atom stereocenters. The Kier molecular flexibility index (Phi) is 11.2. The third kappa shape index (κ3) is 6.95. The largest absolute Gasteiger partial charge is 0.341 e. The predicted molar refractivity (Wildman–Crippen MR) is 104 cm³/mol. The summed E-state index contributed by atoms with van der Waals surface area (Å²) < 4.78 is 0. The molecule has 0 aliphatic carbocycles. The zero-order valence-electron chi connectivity index (χ0n) is 14.6. The fraction of sp³-hybridized carbons (Fsp3) is 0.588. The van der Waals surface area contributed by atoms with E-state index in [1.807, 2.05) is 20.0 Å². The first kappa shape index (κ1) is 23.1. The third-order valence-corrected chi connectivity index (χ3v) is 4.47. The quantitative estimate of drug-likeness (QED) is 0.816. The standard InChI is InChI=1S/C17H28N4O.2ClH/c1-15(12-18)19(2)17(22)14-21-10-8-20(9-11-21)13-16-6-4-3-5-7-16;;/h3-7,15H,8-14,18H2,1-2H3;2*1H. The van der Waals surface area contributed by atoms with Crippen molar-refractivity contribution in [2.24, 2.45) is 5.73 Å². The third-order valence-electron chi connectivity index (χ3n) is 4.47. The molecule has 1 aliphatic rings. The second-order valence-electron chi connectivity index (χ2n) is 6.13. The van der Waals surface area contributed by atoms with Crippen LogP contribution in [-0.4, -0.2) is 73.0 Å². The highest BCUT2D eigenvalue weighted by Crippen LogP contribution is 2.08. The SMILES string of the molecule is CC(CN)N(C)C(=O)CN1CCN(Cc2ccccc2)CC1.Cl.Cl. The summed E-state index contributed by atoms with van der Waals surface area (Å²) in [7, 11) is 1.84. The molecule has 24 heavy (non-hydrogen) atoms. The average molecular weight is 377 g/mol. The summed E-state index contributed by atoms with van der Waals surface area (Å²) in [6.45, 7) is 7.90. The van der Waals surface area contributed by atoms with Crippen molar-refractivity contribution in [1.82, 2.24) is 14.7 Å². The van der Waals surface area contributed by atoms with Crippen molar-refractivity contribution in [1.29, 1.82) is 0 Å². The van der Waals surface area contributed by atoms with Gasteiger partial charge >= 0.3 is 0 Å². The van der Waals surface area contributed by atoms with Gasteiger partial charge in [0.2, 0.25) is 5.91 Å². The summed E-state index contributed by atoms with van der Waals surface area (Å²) in [5, 5.41) is 0. The topological polar surface area (TPSA) is 52.8 Å². The molecule has 0 saturated carbocycles. The summed E-state index contributed by atoms with van der Waals surface area (Å²) in [4.78, 5) is 18.6. The highest BCUT2D eigenvalue weighted by molar-refractivity contribution is 5.85. The van der Waals surface area contributed by atoms with Crippen LogP contribution in [0.1, 0.15) is 12.5 Å². The number of hydrogen-bond acceptors (Lipinski definition) is 4. The van der Waals surface area contributed by atoms with E-state index in [4.69, 9.17) is 5.73 Å². The van der Waals surface area contributed by atoms with Gasteiger partial charge in [0.05, 0.1) is 6.54 Å². The van der Waals surface area contributed by atoms with E-state index in [9.17, 15) is 4.79 Å². The molecule has 1 amide bonds. The first-order valence-corrected chi connectivity index (χ1v) is 8.04. The zero-order valence-corrected chi connectivity index (χ0v) is 16.2. The fourth-order valence-corrected chi connectivity index (χ4v) is 2.65. The maximum absolute atomic E-state index is 12.2. The molecule has 138 valence electrons. The van der Waals surface area contributed by atoms with Gasteiger partial charge in [-0.2, -0.15) is 0 Å². The van der Waals surface area contributed by atoms with Crippen molar-refractivity contribution in [3.05, 3.63) is 35.9 Å². The van der Waals surface area contributed by atoms with Gasteiger partial charge in [0, 0.05) is 52.4 Å². The van der Waals surface area contributed by atoms with E-state index in [2.05, 4.69) is 34.1 Å². The molecule has 2 rings (SSSR count). The minimum absolute atomic E-state index is 0. The van der Waals surface area contributed by atoms with Crippen molar-refractivity contribution in [2.45, 2.75) is 19.5 Å². The van der Waals surface area contributed by atoms with Crippen LogP contribution in [0.25, 0.3) is 0 Å². The van der Waals surface area contributed by atoms with E-state index in [1.54, 1.807) is 4.90 Å². The number of carbonyl (C=O) groups is 1. The van der Waals surface area contributed by atoms with E-state index in [-0.39, 0.29) is 36.8 Å². The van der Waals surface area contributed by atoms with Crippen LogP contribution in [0.4, 0.5) is 0 Å². The molecule has 5 nitrogen and oxygen atoms in total. The number of carbonyl (C=O) groups excluding carboxylic acids is 1. The van der Waals surface area contributed by atoms with E-state index >= 15 is 0 Å². The molecule has 1 saturated heterocycles. The van der Waals surface area contributed by atoms with E-state index < -0.39 is 0 Å². The molecule has 0 aromatic heterocycles. The van der Waals surface area contributed by atoms with Gasteiger partial charge in [-0.3, -0.25) is 14.6 Å².